The van der Waals surface area contributed by atoms with E-state index in [1.807, 2.05) is 0 Å². The summed E-state index contributed by atoms with van der Waals surface area (Å²) >= 11 is 0. The number of aliphatic hydroxyl groups is 1. The van der Waals surface area contributed by atoms with Gasteiger partial charge in [-0.15, -0.1) is 0 Å². The first-order chi connectivity index (χ1) is 7.21. The first kappa shape index (κ1) is 11.5. The Balaban J connectivity index is 2.88. The topological polar surface area (TPSA) is 58.6 Å². The van der Waals surface area contributed by atoms with E-state index in [0.29, 0.717) is 23.4 Å². The molecule has 0 aliphatic rings. The van der Waals surface area contributed by atoms with Crippen molar-refractivity contribution in [2.45, 2.75) is 20.0 Å². The van der Waals surface area contributed by atoms with Gasteiger partial charge in [0.05, 0.1) is 13.7 Å². The third kappa shape index (κ3) is 2.95. The highest BCUT2D eigenvalue weighted by atomic mass is 16.5. The van der Waals surface area contributed by atoms with Gasteiger partial charge in [0.15, 0.2) is 0 Å². The molecule has 1 aromatic carbocycles. The van der Waals surface area contributed by atoms with Crippen LogP contribution in [0.1, 0.15) is 18.9 Å². The smallest absolute Gasteiger partial charge is 0.224 e. The van der Waals surface area contributed by atoms with Crippen molar-refractivity contribution in [3.63, 3.8) is 0 Å². The van der Waals surface area contributed by atoms with E-state index in [1.165, 1.54) is 0 Å². The number of ether oxygens (including phenoxy) is 1. The molecule has 0 aliphatic heterocycles. The summed E-state index contributed by atoms with van der Waals surface area (Å²) in [5.74, 6) is 0.566. The molecule has 0 bridgehead atoms. The first-order valence-corrected chi connectivity index (χ1v) is 4.78. The van der Waals surface area contributed by atoms with Crippen LogP contribution in [0, 0.1) is 0 Å². The fourth-order valence-electron chi connectivity index (χ4n) is 1.23. The predicted octanol–water partition coefficient (Wildman–Crippen LogP) is 1.54. The summed E-state index contributed by atoms with van der Waals surface area (Å²) in [6.45, 7) is 1.67. The molecule has 4 heteroatoms. The molecule has 0 aliphatic carbocycles. The second-order valence-electron chi connectivity index (χ2n) is 3.09. The highest BCUT2D eigenvalue weighted by molar-refractivity contribution is 5.90. The monoisotopic (exact) mass is 209 g/mol. The molecule has 82 valence electrons. The largest absolute Gasteiger partial charge is 0.496 e. The maximum absolute atomic E-state index is 11.1. The van der Waals surface area contributed by atoms with E-state index in [0.717, 1.165) is 0 Å². The van der Waals surface area contributed by atoms with E-state index in [1.54, 1.807) is 32.2 Å². The van der Waals surface area contributed by atoms with Crippen LogP contribution < -0.4 is 10.1 Å². The number of carbonyl (C=O) groups excluding carboxylic acids is 1. The van der Waals surface area contributed by atoms with Gasteiger partial charge in [0.1, 0.15) is 5.75 Å². The summed E-state index contributed by atoms with van der Waals surface area (Å²) in [7, 11) is 1.54. The number of rotatable bonds is 4. The molecule has 0 unspecified atom stereocenters. The van der Waals surface area contributed by atoms with Crippen LogP contribution in [0.4, 0.5) is 5.69 Å². The zero-order valence-electron chi connectivity index (χ0n) is 8.91. The summed E-state index contributed by atoms with van der Waals surface area (Å²) in [4.78, 5) is 11.1. The first-order valence-electron chi connectivity index (χ1n) is 4.78. The van der Waals surface area contributed by atoms with E-state index >= 15 is 0 Å². The molecule has 2 N–H and O–H groups in total. The standard InChI is InChI=1S/C11H15NO3/c1-3-11(14)12-9-4-5-10(15-2)8(6-9)7-13/h4-6,13H,3,7H2,1-2H3,(H,12,14). The van der Waals surface area contributed by atoms with Crippen LogP contribution in [0.3, 0.4) is 0 Å². The number of aliphatic hydroxyl groups excluding tert-OH is 1. The molecule has 0 fully saturated rings. The van der Waals surface area contributed by atoms with Crippen LogP contribution in [0.5, 0.6) is 5.75 Å². The van der Waals surface area contributed by atoms with Crippen LogP contribution in [0.15, 0.2) is 18.2 Å². The molecule has 0 radical (unpaired) electrons. The Morgan fingerprint density at radius 3 is 2.80 bits per heavy atom. The zero-order chi connectivity index (χ0) is 11.3. The van der Waals surface area contributed by atoms with Crippen molar-refractivity contribution in [2.24, 2.45) is 0 Å². The number of hydrogen-bond donors (Lipinski definition) is 2. The average molecular weight is 209 g/mol. The fourth-order valence-corrected chi connectivity index (χ4v) is 1.23. The Bertz CT molecular complexity index is 350. The highest BCUT2D eigenvalue weighted by Crippen LogP contribution is 2.22. The van der Waals surface area contributed by atoms with Gasteiger partial charge in [-0.25, -0.2) is 0 Å². The second kappa shape index (κ2) is 5.36. The molecule has 0 aromatic heterocycles. The maximum atomic E-state index is 11.1. The van der Waals surface area contributed by atoms with Crippen molar-refractivity contribution in [3.05, 3.63) is 23.8 Å². The summed E-state index contributed by atoms with van der Waals surface area (Å²) in [6, 6.07) is 5.16. The van der Waals surface area contributed by atoms with Gasteiger partial charge in [-0.2, -0.15) is 0 Å². The molecule has 1 rings (SSSR count). The average Bonchev–Trinajstić information content (AvgIpc) is 2.28. The van der Waals surface area contributed by atoms with Crippen molar-refractivity contribution in [1.29, 1.82) is 0 Å². The van der Waals surface area contributed by atoms with Gasteiger partial charge < -0.3 is 15.2 Å². The lowest BCUT2D eigenvalue weighted by molar-refractivity contribution is -0.115. The lowest BCUT2D eigenvalue weighted by Gasteiger charge is -2.09. The predicted molar refractivity (Wildman–Crippen MR) is 57.8 cm³/mol. The molecule has 1 aromatic rings. The van der Waals surface area contributed by atoms with Crippen LogP contribution >= 0.6 is 0 Å². The molecule has 0 heterocycles. The molecule has 0 saturated heterocycles. The van der Waals surface area contributed by atoms with Crippen molar-refractivity contribution < 1.29 is 14.6 Å². The van der Waals surface area contributed by atoms with Gasteiger partial charge in [-0.1, -0.05) is 6.92 Å². The van der Waals surface area contributed by atoms with Gasteiger partial charge in [-0.05, 0) is 18.2 Å². The third-order valence-corrected chi connectivity index (χ3v) is 2.06. The Labute approximate surface area is 88.9 Å². The van der Waals surface area contributed by atoms with Crippen molar-refractivity contribution in [3.8, 4) is 5.75 Å². The van der Waals surface area contributed by atoms with Crippen molar-refractivity contribution >= 4 is 11.6 Å². The minimum atomic E-state index is -0.112. The van der Waals surface area contributed by atoms with E-state index in [9.17, 15) is 4.79 Å². The quantitative estimate of drug-likeness (QED) is 0.790. The van der Waals surface area contributed by atoms with Crippen molar-refractivity contribution in [1.82, 2.24) is 0 Å². The van der Waals surface area contributed by atoms with Crippen LogP contribution in [-0.2, 0) is 11.4 Å². The number of benzene rings is 1. The van der Waals surface area contributed by atoms with E-state index in [4.69, 9.17) is 9.84 Å². The van der Waals surface area contributed by atoms with Gasteiger partial charge in [0.2, 0.25) is 5.91 Å². The second-order valence-corrected chi connectivity index (χ2v) is 3.09. The summed E-state index contributed by atoms with van der Waals surface area (Å²) in [6.07, 6.45) is 0.431. The molecular formula is C11H15NO3. The molecule has 4 nitrogen and oxygen atoms in total. The van der Waals surface area contributed by atoms with Gasteiger partial charge in [-0.3, -0.25) is 4.79 Å². The summed E-state index contributed by atoms with van der Waals surface area (Å²) in [5, 5.41) is 11.8. The maximum Gasteiger partial charge on any atom is 0.224 e. The Morgan fingerprint density at radius 1 is 1.53 bits per heavy atom. The van der Waals surface area contributed by atoms with Gasteiger partial charge in [0.25, 0.3) is 0 Å². The van der Waals surface area contributed by atoms with Crippen LogP contribution in [0.25, 0.3) is 0 Å². The Morgan fingerprint density at radius 2 is 2.27 bits per heavy atom. The van der Waals surface area contributed by atoms with Crippen molar-refractivity contribution in [2.75, 3.05) is 12.4 Å². The lowest BCUT2D eigenvalue weighted by Crippen LogP contribution is -2.09. The van der Waals surface area contributed by atoms with E-state index in [2.05, 4.69) is 5.32 Å². The number of carbonyl (C=O) groups is 1. The normalized spacial score (nSPS) is 9.80. The zero-order valence-corrected chi connectivity index (χ0v) is 8.91. The van der Waals surface area contributed by atoms with Crippen LogP contribution in [-0.4, -0.2) is 18.1 Å². The van der Waals surface area contributed by atoms with Crippen LogP contribution in [0.2, 0.25) is 0 Å². The number of amides is 1. The summed E-state index contributed by atoms with van der Waals surface area (Å²) in [5.41, 5.74) is 1.33. The SMILES string of the molecule is CCC(=O)Nc1ccc(OC)c(CO)c1. The number of anilines is 1. The number of hydrogen-bond acceptors (Lipinski definition) is 3. The summed E-state index contributed by atoms with van der Waals surface area (Å²) < 4.78 is 5.05. The molecule has 0 spiro atoms. The lowest BCUT2D eigenvalue weighted by atomic mass is 10.2. The molecule has 1 amide bonds. The van der Waals surface area contributed by atoms with E-state index < -0.39 is 0 Å². The number of nitrogens with one attached hydrogen (secondary N) is 1. The molecule has 0 saturated carbocycles. The molecular weight excluding hydrogens is 194 g/mol. The minimum Gasteiger partial charge on any atom is -0.496 e. The number of methoxy groups -OCH3 is 1. The minimum absolute atomic E-state index is 0.0518. The fraction of sp³-hybridized carbons (Fsp3) is 0.364. The third-order valence-electron chi connectivity index (χ3n) is 2.06. The molecule has 15 heavy (non-hydrogen) atoms. The molecule has 0 atom stereocenters. The van der Waals surface area contributed by atoms with Gasteiger partial charge in [0, 0.05) is 17.7 Å². The van der Waals surface area contributed by atoms with E-state index in [-0.39, 0.29) is 12.5 Å². The van der Waals surface area contributed by atoms with Gasteiger partial charge >= 0.3 is 0 Å². The highest BCUT2D eigenvalue weighted by Gasteiger charge is 2.04. The Hall–Kier alpha value is -1.55. The Kier molecular flexibility index (Phi) is 4.12.